The molecular weight excluding hydrogens is 398 g/mol. The molecule has 3 rings (SSSR count). The van der Waals surface area contributed by atoms with Crippen LogP contribution in [-0.2, 0) is 10.5 Å². The molecule has 1 saturated carbocycles. The van der Waals surface area contributed by atoms with Crippen LogP contribution in [0.4, 0.5) is 0 Å². The monoisotopic (exact) mass is 423 g/mol. The molecule has 2 aromatic rings. The van der Waals surface area contributed by atoms with Gasteiger partial charge < -0.3 is 10.1 Å². The van der Waals surface area contributed by atoms with E-state index in [1.54, 1.807) is 30.2 Å². The van der Waals surface area contributed by atoms with Gasteiger partial charge in [-0.2, -0.15) is 0 Å². The maximum Gasteiger partial charge on any atom is 0.230 e. The lowest BCUT2D eigenvalue weighted by molar-refractivity contribution is -0.119. The maximum atomic E-state index is 12.1. The number of benzene rings is 1. The first-order valence-electron chi connectivity index (χ1n) is 9.14. The van der Waals surface area contributed by atoms with Gasteiger partial charge in [0.1, 0.15) is 5.75 Å². The number of amides is 1. The molecule has 1 aromatic heterocycles. The Morgan fingerprint density at radius 3 is 2.48 bits per heavy atom. The summed E-state index contributed by atoms with van der Waals surface area (Å²) in [5.41, 5.74) is 1.21. The average Bonchev–Trinajstić information content (AvgIpc) is 3.15. The topological polar surface area (TPSA) is 64.1 Å². The van der Waals surface area contributed by atoms with E-state index in [4.69, 9.17) is 4.74 Å². The van der Waals surface area contributed by atoms with E-state index in [0.29, 0.717) is 11.8 Å². The van der Waals surface area contributed by atoms with E-state index in [1.165, 1.54) is 30.2 Å². The Balaban J connectivity index is 1.39. The van der Waals surface area contributed by atoms with Crippen molar-refractivity contribution in [3.63, 3.8) is 0 Å². The quantitative estimate of drug-likeness (QED) is 0.625. The van der Waals surface area contributed by atoms with E-state index >= 15 is 0 Å². The van der Waals surface area contributed by atoms with Gasteiger partial charge in [-0.1, -0.05) is 53.9 Å². The lowest BCUT2D eigenvalue weighted by atomic mass is 9.87. The van der Waals surface area contributed by atoms with Crippen molar-refractivity contribution in [2.24, 2.45) is 5.92 Å². The minimum absolute atomic E-state index is 0.0992. The Kier molecular flexibility index (Phi) is 7.84. The van der Waals surface area contributed by atoms with Gasteiger partial charge in [0.15, 0.2) is 8.68 Å². The first kappa shape index (κ1) is 20.5. The second-order valence-electron chi connectivity index (χ2n) is 6.78. The number of carbonyl (C=O) groups is 1. The van der Waals surface area contributed by atoms with Crippen LogP contribution in [0.15, 0.2) is 32.9 Å². The Bertz CT molecular complexity index is 728. The van der Waals surface area contributed by atoms with Crippen molar-refractivity contribution in [3.8, 4) is 5.75 Å². The van der Waals surface area contributed by atoms with E-state index in [2.05, 4.69) is 34.6 Å². The zero-order chi connectivity index (χ0) is 19.1. The zero-order valence-electron chi connectivity index (χ0n) is 15.6. The van der Waals surface area contributed by atoms with E-state index < -0.39 is 0 Å². The Hall–Kier alpha value is -1.25. The minimum Gasteiger partial charge on any atom is -0.497 e. The van der Waals surface area contributed by atoms with Gasteiger partial charge >= 0.3 is 0 Å². The molecule has 1 aliphatic carbocycles. The molecule has 8 heteroatoms. The molecule has 0 unspecified atom stereocenters. The summed E-state index contributed by atoms with van der Waals surface area (Å²) in [5, 5.41) is 11.6. The molecule has 1 heterocycles. The van der Waals surface area contributed by atoms with Gasteiger partial charge in [-0.25, -0.2) is 0 Å². The zero-order valence-corrected chi connectivity index (χ0v) is 18.1. The molecule has 1 amide bonds. The van der Waals surface area contributed by atoms with Crippen LogP contribution in [0.5, 0.6) is 5.75 Å². The third-order valence-electron chi connectivity index (χ3n) is 4.62. The highest BCUT2D eigenvalue weighted by Crippen LogP contribution is 2.31. The second-order valence-corrected chi connectivity index (χ2v) is 10.2. The predicted molar refractivity (Wildman–Crippen MR) is 113 cm³/mol. The highest BCUT2D eigenvalue weighted by molar-refractivity contribution is 8.03. The highest BCUT2D eigenvalue weighted by atomic mass is 32.2. The van der Waals surface area contributed by atoms with E-state index in [1.807, 2.05) is 12.1 Å². The number of hydrogen-bond acceptors (Lipinski definition) is 7. The number of hydrogen-bond donors (Lipinski definition) is 1. The van der Waals surface area contributed by atoms with Gasteiger partial charge in [0, 0.05) is 11.8 Å². The number of ether oxygens (including phenoxy) is 1. The molecule has 5 nitrogen and oxygen atoms in total. The Morgan fingerprint density at radius 2 is 1.81 bits per heavy atom. The number of thioether (sulfide) groups is 2. The van der Waals surface area contributed by atoms with Crippen molar-refractivity contribution in [2.45, 2.75) is 53.1 Å². The number of aromatic nitrogens is 2. The van der Waals surface area contributed by atoms with Crippen molar-refractivity contribution in [3.05, 3.63) is 29.8 Å². The van der Waals surface area contributed by atoms with Gasteiger partial charge in [-0.05, 0) is 49.3 Å². The van der Waals surface area contributed by atoms with Crippen molar-refractivity contribution < 1.29 is 9.53 Å². The van der Waals surface area contributed by atoms with Gasteiger partial charge in [-0.15, -0.1) is 10.2 Å². The number of methoxy groups -OCH3 is 1. The van der Waals surface area contributed by atoms with Gasteiger partial charge in [-0.3, -0.25) is 4.79 Å². The van der Waals surface area contributed by atoms with E-state index in [9.17, 15) is 4.79 Å². The summed E-state index contributed by atoms with van der Waals surface area (Å²) in [6.45, 7) is 2.29. The smallest absolute Gasteiger partial charge is 0.230 e. The van der Waals surface area contributed by atoms with Crippen LogP contribution in [-0.4, -0.2) is 35.0 Å². The summed E-state index contributed by atoms with van der Waals surface area (Å²) in [5.74, 6) is 3.00. The molecule has 146 valence electrons. The Morgan fingerprint density at radius 1 is 1.15 bits per heavy atom. The third kappa shape index (κ3) is 6.69. The molecule has 0 spiro atoms. The van der Waals surface area contributed by atoms with Crippen LogP contribution in [0, 0.1) is 5.92 Å². The molecule has 0 bridgehead atoms. The summed E-state index contributed by atoms with van der Waals surface area (Å²) in [6.07, 6.45) is 4.62. The predicted octanol–water partition coefficient (Wildman–Crippen LogP) is 4.63. The molecule has 1 aromatic carbocycles. The highest BCUT2D eigenvalue weighted by Gasteiger charge is 2.20. The molecule has 1 fully saturated rings. The Labute approximate surface area is 173 Å². The van der Waals surface area contributed by atoms with Crippen LogP contribution in [0.1, 0.15) is 38.2 Å². The molecular formula is C19H25N3O2S3. The number of rotatable bonds is 8. The fourth-order valence-electron chi connectivity index (χ4n) is 2.98. The molecule has 0 atom stereocenters. The summed E-state index contributed by atoms with van der Waals surface area (Å²) >= 11 is 4.68. The normalized spacial score (nSPS) is 19.6. The third-order valence-corrected chi connectivity index (χ3v) is 7.88. The van der Waals surface area contributed by atoms with E-state index in [0.717, 1.165) is 38.9 Å². The van der Waals surface area contributed by atoms with Crippen molar-refractivity contribution in [1.82, 2.24) is 15.5 Å². The fourth-order valence-corrected chi connectivity index (χ4v) is 5.77. The van der Waals surface area contributed by atoms with Gasteiger partial charge in [0.25, 0.3) is 0 Å². The van der Waals surface area contributed by atoms with Crippen molar-refractivity contribution >= 4 is 40.8 Å². The molecule has 1 aliphatic rings. The minimum atomic E-state index is 0.0992. The summed E-state index contributed by atoms with van der Waals surface area (Å²) < 4.78 is 6.94. The second kappa shape index (κ2) is 10.3. The average molecular weight is 424 g/mol. The van der Waals surface area contributed by atoms with Crippen molar-refractivity contribution in [1.29, 1.82) is 0 Å². The van der Waals surface area contributed by atoms with Gasteiger partial charge in [0.05, 0.1) is 12.9 Å². The van der Waals surface area contributed by atoms with E-state index in [-0.39, 0.29) is 5.91 Å². The number of nitrogens with zero attached hydrogens (tertiary/aromatic N) is 2. The lowest BCUT2D eigenvalue weighted by Crippen LogP contribution is -2.38. The number of carbonyl (C=O) groups excluding carboxylic acids is 1. The largest absolute Gasteiger partial charge is 0.497 e. The fraction of sp³-hybridized carbons (Fsp3) is 0.526. The van der Waals surface area contributed by atoms with Crippen molar-refractivity contribution in [2.75, 3.05) is 12.9 Å². The SMILES string of the molecule is COc1ccc(CSc2nnc(SCC(=O)NC3CCC(C)CC3)s2)cc1. The van der Waals surface area contributed by atoms with Crippen LogP contribution < -0.4 is 10.1 Å². The summed E-state index contributed by atoms with van der Waals surface area (Å²) in [7, 11) is 1.67. The summed E-state index contributed by atoms with van der Waals surface area (Å²) in [4.78, 5) is 12.1. The number of nitrogens with one attached hydrogen (secondary N) is 1. The molecule has 0 aliphatic heterocycles. The molecule has 1 N–H and O–H groups in total. The first-order chi connectivity index (χ1) is 13.1. The molecule has 0 saturated heterocycles. The van der Waals surface area contributed by atoms with Crippen LogP contribution in [0.3, 0.4) is 0 Å². The maximum absolute atomic E-state index is 12.1. The van der Waals surface area contributed by atoms with Gasteiger partial charge in [0.2, 0.25) is 5.91 Å². The molecule has 27 heavy (non-hydrogen) atoms. The first-order valence-corrected chi connectivity index (χ1v) is 11.9. The summed E-state index contributed by atoms with van der Waals surface area (Å²) in [6, 6.07) is 8.38. The molecule has 0 radical (unpaired) electrons. The standard InChI is InChI=1S/C19H25N3O2S3/c1-13-3-7-15(8-4-13)20-17(23)12-26-19-22-21-18(27-19)25-11-14-5-9-16(24-2)10-6-14/h5-6,9-10,13,15H,3-4,7-8,11-12H2,1-2H3,(H,20,23). The van der Waals surface area contributed by atoms with Crippen LogP contribution in [0.2, 0.25) is 0 Å². The van der Waals surface area contributed by atoms with Crippen LogP contribution in [0.25, 0.3) is 0 Å². The van der Waals surface area contributed by atoms with Crippen LogP contribution >= 0.6 is 34.9 Å². The lowest BCUT2D eigenvalue weighted by Gasteiger charge is -2.26.